The molecule has 2 rings (SSSR count). The Bertz CT molecular complexity index is 560. The number of carboxylic acid groups (broad SMARTS) is 1. The van der Waals surface area contributed by atoms with Gasteiger partial charge >= 0.3 is 5.97 Å². The van der Waals surface area contributed by atoms with Crippen LogP contribution in [0.1, 0.15) is 35.9 Å². The molecule has 0 saturated heterocycles. The molecular formula is C11H11BrN2O2. The van der Waals surface area contributed by atoms with E-state index in [4.69, 9.17) is 5.11 Å². The molecule has 84 valence electrons. The van der Waals surface area contributed by atoms with Crippen LogP contribution in [-0.2, 0) is 0 Å². The molecule has 0 atom stereocenters. The van der Waals surface area contributed by atoms with Crippen molar-refractivity contribution in [2.45, 2.75) is 19.8 Å². The van der Waals surface area contributed by atoms with Gasteiger partial charge in [0.15, 0.2) is 5.69 Å². The number of nitrogens with zero attached hydrogens (tertiary/aromatic N) is 2. The zero-order chi connectivity index (χ0) is 11.9. The van der Waals surface area contributed by atoms with Gasteiger partial charge in [0.2, 0.25) is 0 Å². The van der Waals surface area contributed by atoms with Gasteiger partial charge < -0.3 is 9.51 Å². The number of hydrogen-bond acceptors (Lipinski definition) is 2. The Morgan fingerprint density at radius 3 is 2.81 bits per heavy atom. The van der Waals surface area contributed by atoms with Gasteiger partial charge in [-0.25, -0.2) is 9.78 Å². The molecule has 4 nitrogen and oxygen atoms in total. The molecule has 5 heteroatoms. The van der Waals surface area contributed by atoms with Crippen molar-refractivity contribution in [2.24, 2.45) is 0 Å². The van der Waals surface area contributed by atoms with Crippen molar-refractivity contribution in [3.63, 3.8) is 0 Å². The SMILES string of the molecule is CC(C)c1c(C(=O)O)nc2cc(Br)ccn12. The van der Waals surface area contributed by atoms with Crippen molar-refractivity contribution < 1.29 is 9.90 Å². The number of imidazole rings is 1. The summed E-state index contributed by atoms with van der Waals surface area (Å²) in [6, 6.07) is 3.67. The van der Waals surface area contributed by atoms with Crippen LogP contribution in [0.3, 0.4) is 0 Å². The van der Waals surface area contributed by atoms with Crippen LogP contribution >= 0.6 is 15.9 Å². The monoisotopic (exact) mass is 282 g/mol. The van der Waals surface area contributed by atoms with E-state index >= 15 is 0 Å². The summed E-state index contributed by atoms with van der Waals surface area (Å²) in [5, 5.41) is 9.10. The highest BCUT2D eigenvalue weighted by molar-refractivity contribution is 9.10. The highest BCUT2D eigenvalue weighted by atomic mass is 79.9. The second-order valence-electron chi connectivity index (χ2n) is 3.88. The minimum atomic E-state index is -0.983. The molecule has 0 radical (unpaired) electrons. The van der Waals surface area contributed by atoms with E-state index in [9.17, 15) is 4.79 Å². The fraction of sp³-hybridized carbons (Fsp3) is 0.273. The third kappa shape index (κ3) is 1.71. The zero-order valence-electron chi connectivity index (χ0n) is 8.94. The number of pyridine rings is 1. The Kier molecular flexibility index (Phi) is 2.71. The van der Waals surface area contributed by atoms with Gasteiger partial charge in [0.25, 0.3) is 0 Å². The van der Waals surface area contributed by atoms with E-state index < -0.39 is 5.97 Å². The van der Waals surface area contributed by atoms with Crippen LogP contribution in [0, 0.1) is 0 Å². The number of carbonyl (C=O) groups is 1. The highest BCUT2D eigenvalue weighted by Gasteiger charge is 2.20. The third-order valence-electron chi connectivity index (χ3n) is 2.37. The highest BCUT2D eigenvalue weighted by Crippen LogP contribution is 2.23. The van der Waals surface area contributed by atoms with Crippen molar-refractivity contribution in [1.29, 1.82) is 0 Å². The molecule has 16 heavy (non-hydrogen) atoms. The Morgan fingerprint density at radius 2 is 2.25 bits per heavy atom. The van der Waals surface area contributed by atoms with E-state index in [0.717, 1.165) is 10.2 Å². The Morgan fingerprint density at radius 1 is 1.56 bits per heavy atom. The fourth-order valence-electron chi connectivity index (χ4n) is 1.75. The molecule has 0 unspecified atom stereocenters. The van der Waals surface area contributed by atoms with Gasteiger partial charge in [-0.05, 0) is 18.1 Å². The maximum absolute atomic E-state index is 11.1. The topological polar surface area (TPSA) is 54.6 Å². The number of hydrogen-bond donors (Lipinski definition) is 1. The van der Waals surface area contributed by atoms with Crippen molar-refractivity contribution in [1.82, 2.24) is 9.38 Å². The molecule has 1 N–H and O–H groups in total. The minimum absolute atomic E-state index is 0.113. The molecule has 0 spiro atoms. The van der Waals surface area contributed by atoms with E-state index in [0.29, 0.717) is 5.65 Å². The quantitative estimate of drug-likeness (QED) is 0.922. The van der Waals surface area contributed by atoms with Gasteiger partial charge in [-0.3, -0.25) is 0 Å². The largest absolute Gasteiger partial charge is 0.476 e. The summed E-state index contributed by atoms with van der Waals surface area (Å²) in [4.78, 5) is 15.2. The first-order valence-corrected chi connectivity index (χ1v) is 5.71. The minimum Gasteiger partial charge on any atom is -0.476 e. The second kappa shape index (κ2) is 3.90. The molecule has 2 aromatic heterocycles. The summed E-state index contributed by atoms with van der Waals surface area (Å²) in [6.45, 7) is 3.91. The van der Waals surface area contributed by atoms with E-state index in [1.165, 1.54) is 0 Å². The van der Waals surface area contributed by atoms with Crippen molar-refractivity contribution >= 4 is 27.5 Å². The molecule has 0 aliphatic rings. The average Bonchev–Trinajstić information content (AvgIpc) is 2.55. The summed E-state index contributed by atoms with van der Waals surface area (Å²) in [7, 11) is 0. The van der Waals surface area contributed by atoms with Gasteiger partial charge in [-0.1, -0.05) is 29.8 Å². The Hall–Kier alpha value is -1.36. The van der Waals surface area contributed by atoms with E-state index in [2.05, 4.69) is 20.9 Å². The van der Waals surface area contributed by atoms with Crippen LogP contribution < -0.4 is 0 Å². The predicted molar refractivity (Wildman–Crippen MR) is 63.9 cm³/mol. The number of halogens is 1. The van der Waals surface area contributed by atoms with Gasteiger partial charge in [0.05, 0.1) is 5.69 Å². The second-order valence-corrected chi connectivity index (χ2v) is 4.79. The van der Waals surface area contributed by atoms with Crippen LogP contribution in [0.15, 0.2) is 22.8 Å². The Balaban J connectivity index is 2.81. The summed E-state index contributed by atoms with van der Waals surface area (Å²) in [5.41, 5.74) is 1.51. The standard InChI is InChI=1S/C11H11BrN2O2/c1-6(2)10-9(11(15)16)13-8-5-7(12)3-4-14(8)10/h3-6H,1-2H3,(H,15,16). The van der Waals surface area contributed by atoms with E-state index in [1.807, 2.05) is 30.5 Å². The lowest BCUT2D eigenvalue weighted by atomic mass is 10.1. The summed E-state index contributed by atoms with van der Waals surface area (Å²) in [5.74, 6) is -0.870. The maximum atomic E-state index is 11.1. The number of rotatable bonds is 2. The molecule has 0 amide bonds. The van der Waals surface area contributed by atoms with Crippen LogP contribution in [0.2, 0.25) is 0 Å². The van der Waals surface area contributed by atoms with Gasteiger partial charge in [0, 0.05) is 10.7 Å². The molecule has 2 aromatic rings. The average molecular weight is 283 g/mol. The third-order valence-corrected chi connectivity index (χ3v) is 2.87. The van der Waals surface area contributed by atoms with Gasteiger partial charge in [0.1, 0.15) is 5.65 Å². The Labute approximate surface area is 101 Å². The summed E-state index contributed by atoms with van der Waals surface area (Å²) >= 11 is 3.34. The fourth-order valence-corrected chi connectivity index (χ4v) is 2.07. The van der Waals surface area contributed by atoms with Gasteiger partial charge in [-0.2, -0.15) is 0 Å². The molecule has 0 bridgehead atoms. The number of aromatic nitrogens is 2. The zero-order valence-corrected chi connectivity index (χ0v) is 10.5. The maximum Gasteiger partial charge on any atom is 0.356 e. The lowest BCUT2D eigenvalue weighted by Crippen LogP contribution is -2.04. The molecule has 0 saturated carbocycles. The number of carboxylic acids is 1. The molecule has 0 aromatic carbocycles. The molecule has 2 heterocycles. The first-order chi connectivity index (χ1) is 7.50. The van der Waals surface area contributed by atoms with Crippen LogP contribution in [-0.4, -0.2) is 20.5 Å². The van der Waals surface area contributed by atoms with Crippen LogP contribution in [0.4, 0.5) is 0 Å². The van der Waals surface area contributed by atoms with E-state index in [1.54, 1.807) is 6.07 Å². The summed E-state index contributed by atoms with van der Waals surface area (Å²) < 4.78 is 2.70. The molecular weight excluding hydrogens is 272 g/mol. The van der Waals surface area contributed by atoms with Gasteiger partial charge in [-0.15, -0.1) is 0 Å². The van der Waals surface area contributed by atoms with Crippen LogP contribution in [0.5, 0.6) is 0 Å². The molecule has 0 aliphatic heterocycles. The predicted octanol–water partition coefficient (Wildman–Crippen LogP) is 2.92. The molecule has 0 aliphatic carbocycles. The first kappa shape index (κ1) is 11.1. The molecule has 0 fully saturated rings. The number of fused-ring (bicyclic) bond motifs is 1. The smallest absolute Gasteiger partial charge is 0.356 e. The first-order valence-electron chi connectivity index (χ1n) is 4.91. The van der Waals surface area contributed by atoms with Crippen LogP contribution in [0.25, 0.3) is 5.65 Å². The normalized spacial score (nSPS) is 11.2. The van der Waals surface area contributed by atoms with E-state index in [-0.39, 0.29) is 11.6 Å². The lowest BCUT2D eigenvalue weighted by molar-refractivity contribution is 0.0689. The lowest BCUT2D eigenvalue weighted by Gasteiger charge is -2.06. The number of aromatic carboxylic acids is 1. The van der Waals surface area contributed by atoms with Crippen molar-refractivity contribution in [3.05, 3.63) is 34.2 Å². The van der Waals surface area contributed by atoms with Crippen molar-refractivity contribution in [3.8, 4) is 0 Å². The summed E-state index contributed by atoms with van der Waals surface area (Å²) in [6.07, 6.45) is 1.83. The van der Waals surface area contributed by atoms with Crippen molar-refractivity contribution in [2.75, 3.05) is 0 Å².